The molecule has 1 fully saturated rings. The predicted octanol–water partition coefficient (Wildman–Crippen LogP) is 8.12. The van der Waals surface area contributed by atoms with E-state index in [0.29, 0.717) is 5.56 Å². The summed E-state index contributed by atoms with van der Waals surface area (Å²) in [6.07, 6.45) is 2.51. The van der Waals surface area contributed by atoms with Crippen LogP contribution in [-0.2, 0) is 22.4 Å². The van der Waals surface area contributed by atoms with E-state index in [0.717, 1.165) is 80.0 Å². The first kappa shape index (κ1) is 42.5. The lowest BCUT2D eigenvalue weighted by Crippen LogP contribution is -2.57. The first-order valence-corrected chi connectivity index (χ1v) is 23.3. The number of carbonyl (C=O) groups excluding carboxylic acids is 3. The number of amides is 3. The van der Waals surface area contributed by atoms with Gasteiger partial charge in [0.2, 0.25) is 11.8 Å². The third kappa shape index (κ3) is 8.04. The Bertz CT molecular complexity index is 2740. The number of carbonyl (C=O) groups is 3. The second-order valence-electron chi connectivity index (χ2n) is 18.1. The molecule has 14 heteroatoms. The summed E-state index contributed by atoms with van der Waals surface area (Å²) in [7, 11) is 0. The molecule has 6 aromatic rings. The molecule has 0 saturated carbocycles. The highest BCUT2D eigenvalue weighted by Gasteiger charge is 2.45. The number of thiophene rings is 1. The lowest BCUT2D eigenvalue weighted by molar-refractivity contribution is -0.142. The van der Waals surface area contributed by atoms with Crippen molar-refractivity contribution in [1.29, 1.82) is 0 Å². The minimum absolute atomic E-state index is 0.00460. The van der Waals surface area contributed by atoms with Crippen molar-refractivity contribution < 1.29 is 19.5 Å². The average molecular weight is 881 g/mol. The molecule has 3 aliphatic rings. The van der Waals surface area contributed by atoms with Crippen LogP contribution >= 0.6 is 22.7 Å². The summed E-state index contributed by atoms with van der Waals surface area (Å²) >= 11 is 3.42. The highest BCUT2D eigenvalue weighted by Crippen LogP contribution is 2.43. The van der Waals surface area contributed by atoms with Gasteiger partial charge in [-0.15, -0.1) is 32.9 Å². The van der Waals surface area contributed by atoms with Crippen LogP contribution in [0.3, 0.4) is 0 Å². The molecule has 5 heterocycles. The van der Waals surface area contributed by atoms with Crippen LogP contribution < -0.4 is 10.6 Å². The highest BCUT2D eigenvalue weighted by atomic mass is 32.1. The molecule has 0 bridgehead atoms. The number of aliphatic hydroxyl groups excluding tert-OH is 1. The summed E-state index contributed by atoms with van der Waals surface area (Å²) in [6, 6.07) is 21.4. The molecule has 2 aliphatic heterocycles. The Labute approximate surface area is 375 Å². The molecule has 3 N–H and O–H groups in total. The van der Waals surface area contributed by atoms with Gasteiger partial charge in [0.1, 0.15) is 29.0 Å². The third-order valence-corrected chi connectivity index (χ3v) is 14.8. The standard InChI is InChI=1S/C49H52N8O4S2/c1-26(30-11-19-34(20-12-30)42-27(2)50-25-62-42)52-46(60)38-23-36(58)24-56(38)47(61)43(49(5,6)7)53-45(59)35-21-15-32(16-22-35)31-13-17-33(18-14-31)41-40-37-9-8-10-39(37)63-48(40)57-29(4)54-55-44(57)28(3)51-41/h11-22,25-26,28,36,38,43,58H,8-10,23-24H2,1-7H3,(H,52,60)(H,53,59)/t26-,28-,36+,38-,43?/m0/s1. The number of benzene rings is 3. The van der Waals surface area contributed by atoms with Crippen molar-refractivity contribution in [2.45, 2.75) is 104 Å². The molecule has 324 valence electrons. The molecular weight excluding hydrogens is 829 g/mol. The molecule has 5 atom stereocenters. The zero-order valence-electron chi connectivity index (χ0n) is 36.6. The van der Waals surface area contributed by atoms with Gasteiger partial charge < -0.3 is 20.6 Å². The molecular formula is C49H52N8O4S2. The number of fused-ring (bicyclic) bond motifs is 5. The van der Waals surface area contributed by atoms with E-state index < -0.39 is 35.4 Å². The maximum atomic E-state index is 14.3. The van der Waals surface area contributed by atoms with Gasteiger partial charge in [0.25, 0.3) is 5.91 Å². The van der Waals surface area contributed by atoms with Gasteiger partial charge in [-0.2, -0.15) is 0 Å². The minimum Gasteiger partial charge on any atom is -0.391 e. The van der Waals surface area contributed by atoms with Crippen LogP contribution in [0.15, 0.2) is 83.3 Å². The van der Waals surface area contributed by atoms with Crippen LogP contribution in [0.2, 0.25) is 0 Å². The molecule has 1 saturated heterocycles. The van der Waals surface area contributed by atoms with Crippen molar-refractivity contribution in [3.8, 4) is 26.6 Å². The number of thiazole rings is 1. The first-order valence-electron chi connectivity index (χ1n) is 21.6. The fourth-order valence-corrected chi connectivity index (χ4v) is 11.3. The van der Waals surface area contributed by atoms with E-state index in [4.69, 9.17) is 4.99 Å². The van der Waals surface area contributed by atoms with Crippen LogP contribution in [0.25, 0.3) is 26.6 Å². The van der Waals surface area contributed by atoms with E-state index in [1.165, 1.54) is 20.9 Å². The van der Waals surface area contributed by atoms with E-state index in [1.54, 1.807) is 23.5 Å². The summed E-state index contributed by atoms with van der Waals surface area (Å²) < 4.78 is 2.19. The van der Waals surface area contributed by atoms with E-state index in [2.05, 4.69) is 61.6 Å². The number of aryl methyl sites for hydroxylation is 3. The first-order chi connectivity index (χ1) is 30.2. The van der Waals surface area contributed by atoms with Crippen LogP contribution in [0.1, 0.15) is 114 Å². The Hall–Kier alpha value is -5.83. The zero-order chi connectivity index (χ0) is 44.3. The number of aliphatic hydroxyl groups is 1. The lowest BCUT2D eigenvalue weighted by atomic mass is 9.85. The quantitative estimate of drug-likeness (QED) is 0.133. The van der Waals surface area contributed by atoms with Gasteiger partial charge in [-0.1, -0.05) is 81.4 Å². The Balaban J connectivity index is 0.879. The van der Waals surface area contributed by atoms with Gasteiger partial charge in [0.05, 0.1) is 33.9 Å². The van der Waals surface area contributed by atoms with Crippen LogP contribution in [-0.4, -0.2) is 77.9 Å². The third-order valence-electron chi connectivity index (χ3n) is 12.6. The van der Waals surface area contributed by atoms with E-state index in [1.807, 2.05) is 94.8 Å². The summed E-state index contributed by atoms with van der Waals surface area (Å²) in [5.41, 5.74) is 11.0. The zero-order valence-corrected chi connectivity index (χ0v) is 38.2. The van der Waals surface area contributed by atoms with Crippen molar-refractivity contribution in [3.63, 3.8) is 0 Å². The van der Waals surface area contributed by atoms with Gasteiger partial charge in [0.15, 0.2) is 5.82 Å². The molecule has 9 rings (SSSR count). The van der Waals surface area contributed by atoms with Crippen molar-refractivity contribution >= 4 is 46.1 Å². The van der Waals surface area contributed by atoms with Crippen molar-refractivity contribution in [2.24, 2.45) is 10.4 Å². The molecule has 63 heavy (non-hydrogen) atoms. The fourth-order valence-electron chi connectivity index (χ4n) is 9.09. The summed E-state index contributed by atoms with van der Waals surface area (Å²) in [4.78, 5) is 55.5. The summed E-state index contributed by atoms with van der Waals surface area (Å²) in [6.45, 7) is 13.6. The normalized spacial score (nSPS) is 19.1. The topological polar surface area (TPSA) is 155 Å². The average Bonchev–Trinajstić information content (AvgIpc) is 4.11. The number of β-amino-alcohol motifs (C(OH)–C–C–N with tert-alkyl or cyclic N) is 1. The number of nitrogens with zero attached hydrogens (tertiary/aromatic N) is 6. The van der Waals surface area contributed by atoms with Gasteiger partial charge in [-0.3, -0.25) is 23.9 Å². The van der Waals surface area contributed by atoms with E-state index >= 15 is 0 Å². The number of aliphatic imine (C=N–C) groups is 1. The predicted molar refractivity (Wildman–Crippen MR) is 248 cm³/mol. The Morgan fingerprint density at radius 2 is 1.54 bits per heavy atom. The van der Waals surface area contributed by atoms with E-state index in [-0.39, 0.29) is 31.0 Å². The molecule has 1 aliphatic carbocycles. The molecule has 3 aromatic heterocycles. The molecule has 3 aromatic carbocycles. The number of hydrogen-bond donors (Lipinski definition) is 3. The van der Waals surface area contributed by atoms with Crippen LogP contribution in [0.4, 0.5) is 0 Å². The SMILES string of the molecule is Cc1ncsc1-c1ccc([C@H](C)NC(=O)[C@@H]2C[C@@H](O)CN2C(=O)C(NC(=O)c2ccc(-c3ccc(C4=N[C@@H](C)c5nnc(C)n5-c5sc6c(c54)CCC6)cc3)cc2)C(C)(C)C)cc1. The van der Waals surface area contributed by atoms with Crippen LogP contribution in [0.5, 0.6) is 0 Å². The summed E-state index contributed by atoms with van der Waals surface area (Å²) in [5.74, 6) is 0.561. The van der Waals surface area contributed by atoms with Gasteiger partial charge in [0, 0.05) is 34.5 Å². The number of likely N-dealkylation sites (tertiary alicyclic amines) is 1. The number of hydrogen-bond acceptors (Lipinski definition) is 10. The number of aromatic nitrogens is 4. The largest absolute Gasteiger partial charge is 0.391 e. The summed E-state index contributed by atoms with van der Waals surface area (Å²) in [5, 5.41) is 26.9. The fraction of sp³-hybridized carbons (Fsp3) is 0.367. The Morgan fingerprint density at radius 1 is 0.873 bits per heavy atom. The lowest BCUT2D eigenvalue weighted by Gasteiger charge is -2.35. The van der Waals surface area contributed by atoms with Gasteiger partial charge in [-0.05, 0) is 92.3 Å². The monoisotopic (exact) mass is 880 g/mol. The minimum atomic E-state index is -0.961. The van der Waals surface area contributed by atoms with E-state index in [9.17, 15) is 19.5 Å². The van der Waals surface area contributed by atoms with Crippen molar-refractivity contribution in [3.05, 3.63) is 128 Å². The Morgan fingerprint density at radius 3 is 2.21 bits per heavy atom. The van der Waals surface area contributed by atoms with Gasteiger partial charge in [-0.25, -0.2) is 4.98 Å². The second kappa shape index (κ2) is 16.7. The molecule has 1 unspecified atom stereocenters. The molecule has 0 radical (unpaired) electrons. The molecule has 0 spiro atoms. The second-order valence-corrected chi connectivity index (χ2v) is 20.0. The molecule has 3 amide bonds. The smallest absolute Gasteiger partial charge is 0.251 e. The van der Waals surface area contributed by atoms with Gasteiger partial charge >= 0.3 is 0 Å². The maximum Gasteiger partial charge on any atom is 0.251 e. The maximum absolute atomic E-state index is 14.3. The van der Waals surface area contributed by atoms with Crippen LogP contribution in [0, 0.1) is 19.3 Å². The van der Waals surface area contributed by atoms with Crippen molar-refractivity contribution in [1.82, 2.24) is 35.3 Å². The molecule has 12 nitrogen and oxygen atoms in total. The number of nitrogens with one attached hydrogen (secondary N) is 2. The highest BCUT2D eigenvalue weighted by molar-refractivity contribution is 7.15. The van der Waals surface area contributed by atoms with Crippen molar-refractivity contribution in [2.75, 3.05) is 6.54 Å². The number of rotatable bonds is 9. The Kier molecular flexibility index (Phi) is 11.3.